The third kappa shape index (κ3) is 4.66. The van der Waals surface area contributed by atoms with Crippen LogP contribution in [0.2, 0.25) is 0 Å². The molecule has 5 nitrogen and oxygen atoms in total. The summed E-state index contributed by atoms with van der Waals surface area (Å²) in [5, 5.41) is 9.04. The van der Waals surface area contributed by atoms with Gasteiger partial charge in [-0.3, -0.25) is 0 Å². The van der Waals surface area contributed by atoms with E-state index in [9.17, 15) is 0 Å². The molecule has 0 aliphatic rings. The summed E-state index contributed by atoms with van der Waals surface area (Å²) in [4.78, 5) is 10.5. The van der Waals surface area contributed by atoms with Gasteiger partial charge in [-0.2, -0.15) is 0 Å². The molecule has 0 saturated heterocycles. The zero-order valence-corrected chi connectivity index (χ0v) is 10.6. The topological polar surface area (TPSA) is 58.5 Å². The van der Waals surface area contributed by atoms with E-state index < -0.39 is 0 Å². The zero-order chi connectivity index (χ0) is 12.5. The van der Waals surface area contributed by atoms with Crippen molar-refractivity contribution in [3.8, 4) is 0 Å². The largest absolute Gasteiger partial charge is 0.395 e. The van der Waals surface area contributed by atoms with Crippen molar-refractivity contribution in [2.75, 3.05) is 38.3 Å². The van der Waals surface area contributed by atoms with Crippen LogP contribution in [0.3, 0.4) is 0 Å². The smallest absolute Gasteiger partial charge is 0.132 e. The quantitative estimate of drug-likeness (QED) is 0.729. The summed E-state index contributed by atoms with van der Waals surface area (Å²) in [7, 11) is 1.67. The van der Waals surface area contributed by atoms with Gasteiger partial charge in [0.05, 0.1) is 13.2 Å². The molecule has 0 fully saturated rings. The lowest BCUT2D eigenvalue weighted by atomic mass is 10.2. The third-order valence-corrected chi connectivity index (χ3v) is 2.47. The van der Waals surface area contributed by atoms with Crippen molar-refractivity contribution >= 4 is 5.82 Å². The minimum Gasteiger partial charge on any atom is -0.395 e. The molecule has 96 valence electrons. The monoisotopic (exact) mass is 239 g/mol. The van der Waals surface area contributed by atoms with Crippen molar-refractivity contribution in [1.29, 1.82) is 0 Å². The molecule has 0 amide bonds. The van der Waals surface area contributed by atoms with Crippen molar-refractivity contribution < 1.29 is 9.84 Å². The molecule has 0 spiro atoms. The van der Waals surface area contributed by atoms with Gasteiger partial charge in [0.25, 0.3) is 0 Å². The van der Waals surface area contributed by atoms with E-state index >= 15 is 0 Å². The van der Waals surface area contributed by atoms with E-state index in [2.05, 4.69) is 16.9 Å². The Labute approximate surface area is 102 Å². The number of rotatable bonds is 8. The molecular weight excluding hydrogens is 218 g/mol. The first-order valence-corrected chi connectivity index (χ1v) is 5.97. The van der Waals surface area contributed by atoms with Crippen molar-refractivity contribution in [1.82, 2.24) is 9.97 Å². The predicted octanol–water partition coefficient (Wildman–Crippen LogP) is 0.874. The summed E-state index contributed by atoms with van der Waals surface area (Å²) < 4.78 is 5.05. The molecular formula is C12H21N3O2. The highest BCUT2D eigenvalue weighted by atomic mass is 16.5. The van der Waals surface area contributed by atoms with Crippen LogP contribution in [-0.4, -0.2) is 48.5 Å². The molecule has 0 radical (unpaired) electrons. The second-order valence-corrected chi connectivity index (χ2v) is 3.82. The Bertz CT molecular complexity index is 320. The summed E-state index contributed by atoms with van der Waals surface area (Å²) in [6.45, 7) is 4.13. The van der Waals surface area contributed by atoms with Gasteiger partial charge >= 0.3 is 0 Å². The van der Waals surface area contributed by atoms with Crippen LogP contribution in [0.25, 0.3) is 0 Å². The highest BCUT2D eigenvalue weighted by Gasteiger charge is 2.08. The summed E-state index contributed by atoms with van der Waals surface area (Å²) in [5.74, 6) is 0.856. The number of aliphatic hydroxyl groups is 1. The molecule has 0 aliphatic carbocycles. The molecule has 1 rings (SSSR count). The maximum Gasteiger partial charge on any atom is 0.132 e. The SMILES string of the molecule is CCCc1cc(N(CCO)CCOC)ncn1. The molecule has 1 N–H and O–H groups in total. The van der Waals surface area contributed by atoms with Gasteiger partial charge in [-0.05, 0) is 6.42 Å². The molecule has 17 heavy (non-hydrogen) atoms. The van der Waals surface area contributed by atoms with Crippen molar-refractivity contribution in [3.05, 3.63) is 18.1 Å². The van der Waals surface area contributed by atoms with Gasteiger partial charge in [-0.1, -0.05) is 13.3 Å². The first-order chi connectivity index (χ1) is 8.31. The lowest BCUT2D eigenvalue weighted by molar-refractivity contribution is 0.202. The van der Waals surface area contributed by atoms with Crippen LogP contribution < -0.4 is 4.90 Å². The van der Waals surface area contributed by atoms with Gasteiger partial charge in [-0.15, -0.1) is 0 Å². The lowest BCUT2D eigenvalue weighted by Crippen LogP contribution is -2.31. The van der Waals surface area contributed by atoms with Gasteiger partial charge in [0, 0.05) is 32.0 Å². The predicted molar refractivity (Wildman–Crippen MR) is 67.2 cm³/mol. The lowest BCUT2D eigenvalue weighted by Gasteiger charge is -2.22. The van der Waals surface area contributed by atoms with Gasteiger partial charge in [0.2, 0.25) is 0 Å². The number of methoxy groups -OCH3 is 1. The van der Waals surface area contributed by atoms with E-state index in [0.29, 0.717) is 13.2 Å². The summed E-state index contributed by atoms with van der Waals surface area (Å²) in [6, 6.07) is 1.98. The second kappa shape index (κ2) is 7.97. The van der Waals surface area contributed by atoms with E-state index in [1.807, 2.05) is 11.0 Å². The van der Waals surface area contributed by atoms with E-state index in [-0.39, 0.29) is 6.61 Å². The fourth-order valence-electron chi connectivity index (χ4n) is 1.61. The average molecular weight is 239 g/mol. The van der Waals surface area contributed by atoms with E-state index in [0.717, 1.165) is 30.9 Å². The first kappa shape index (κ1) is 13.9. The number of aromatic nitrogens is 2. The standard InChI is InChI=1S/C12H21N3O2/c1-3-4-11-9-12(14-10-13-11)15(5-7-16)6-8-17-2/h9-10,16H,3-8H2,1-2H3. The Hall–Kier alpha value is -1.20. The number of hydrogen-bond acceptors (Lipinski definition) is 5. The van der Waals surface area contributed by atoms with Crippen LogP contribution in [0, 0.1) is 0 Å². The van der Waals surface area contributed by atoms with E-state index in [1.165, 1.54) is 0 Å². The summed E-state index contributed by atoms with van der Waals surface area (Å²) >= 11 is 0. The Kier molecular flexibility index (Phi) is 6.50. The summed E-state index contributed by atoms with van der Waals surface area (Å²) in [6.07, 6.45) is 3.60. The fraction of sp³-hybridized carbons (Fsp3) is 0.667. The molecule has 5 heteroatoms. The number of aryl methyl sites for hydroxylation is 1. The Morgan fingerprint density at radius 1 is 1.35 bits per heavy atom. The van der Waals surface area contributed by atoms with Crippen LogP contribution in [0.15, 0.2) is 12.4 Å². The molecule has 0 saturated carbocycles. The van der Waals surface area contributed by atoms with Crippen LogP contribution in [0.1, 0.15) is 19.0 Å². The Balaban J connectivity index is 2.73. The summed E-state index contributed by atoms with van der Waals surface area (Å²) in [5.41, 5.74) is 1.04. The molecule has 1 aromatic rings. The number of ether oxygens (including phenoxy) is 1. The maximum atomic E-state index is 9.04. The van der Waals surface area contributed by atoms with E-state index in [1.54, 1.807) is 13.4 Å². The van der Waals surface area contributed by atoms with Crippen LogP contribution in [-0.2, 0) is 11.2 Å². The highest BCUT2D eigenvalue weighted by Crippen LogP contribution is 2.11. The molecule has 0 aromatic carbocycles. The van der Waals surface area contributed by atoms with E-state index in [4.69, 9.17) is 9.84 Å². The minimum atomic E-state index is 0.108. The molecule has 0 unspecified atom stereocenters. The molecule has 0 atom stereocenters. The molecule has 0 aliphatic heterocycles. The number of anilines is 1. The van der Waals surface area contributed by atoms with Gasteiger partial charge in [0.15, 0.2) is 0 Å². The van der Waals surface area contributed by atoms with Gasteiger partial charge in [-0.25, -0.2) is 9.97 Å². The van der Waals surface area contributed by atoms with Crippen LogP contribution in [0.5, 0.6) is 0 Å². The molecule has 1 heterocycles. The van der Waals surface area contributed by atoms with Crippen LogP contribution >= 0.6 is 0 Å². The number of aliphatic hydroxyl groups excluding tert-OH is 1. The Morgan fingerprint density at radius 2 is 2.18 bits per heavy atom. The first-order valence-electron chi connectivity index (χ1n) is 5.97. The number of nitrogens with zero attached hydrogens (tertiary/aromatic N) is 3. The highest BCUT2D eigenvalue weighted by molar-refractivity contribution is 5.38. The maximum absolute atomic E-state index is 9.04. The minimum absolute atomic E-state index is 0.108. The van der Waals surface area contributed by atoms with Crippen LogP contribution in [0.4, 0.5) is 5.82 Å². The van der Waals surface area contributed by atoms with Crippen molar-refractivity contribution in [2.24, 2.45) is 0 Å². The number of hydrogen-bond donors (Lipinski definition) is 1. The van der Waals surface area contributed by atoms with Crippen molar-refractivity contribution in [2.45, 2.75) is 19.8 Å². The zero-order valence-electron chi connectivity index (χ0n) is 10.6. The normalized spacial score (nSPS) is 10.5. The molecule has 0 bridgehead atoms. The molecule has 1 aromatic heterocycles. The average Bonchev–Trinajstić information content (AvgIpc) is 2.35. The second-order valence-electron chi connectivity index (χ2n) is 3.82. The Morgan fingerprint density at radius 3 is 2.82 bits per heavy atom. The third-order valence-electron chi connectivity index (χ3n) is 2.47. The fourth-order valence-corrected chi connectivity index (χ4v) is 1.61. The van der Waals surface area contributed by atoms with Gasteiger partial charge < -0.3 is 14.7 Å². The van der Waals surface area contributed by atoms with Crippen molar-refractivity contribution in [3.63, 3.8) is 0 Å². The van der Waals surface area contributed by atoms with Gasteiger partial charge in [0.1, 0.15) is 12.1 Å².